The number of hydrogen-bond acceptors (Lipinski definition) is 7. The predicted octanol–water partition coefficient (Wildman–Crippen LogP) is 7.11. The van der Waals surface area contributed by atoms with Gasteiger partial charge in [0.25, 0.3) is 0 Å². The highest BCUT2D eigenvalue weighted by Crippen LogP contribution is 2.72. The van der Waals surface area contributed by atoms with E-state index in [2.05, 4.69) is 0 Å². The molecule has 0 bridgehead atoms. The molecule has 234 valence electrons. The van der Waals surface area contributed by atoms with E-state index in [1.54, 1.807) is 12.2 Å². The number of nitrogens with zero attached hydrogens (tertiary/aromatic N) is 1. The number of Topliss-reactive ketones (excluding diaryl/α,β-unsaturated/α-hetero) is 1. The summed E-state index contributed by atoms with van der Waals surface area (Å²) in [5, 5.41) is 13.8. The molecule has 7 rings (SSSR count). The summed E-state index contributed by atoms with van der Waals surface area (Å²) in [5.41, 5.74) is -1.05. The molecule has 0 spiro atoms. The minimum absolute atomic E-state index is 0. The Balaban J connectivity index is 0.00000343. The molecule has 8 heteroatoms. The summed E-state index contributed by atoms with van der Waals surface area (Å²) < 4.78 is 6.49. The molecule has 6 nitrogen and oxygen atoms in total. The van der Waals surface area contributed by atoms with Crippen LogP contribution in [0.4, 0.5) is 0 Å². The van der Waals surface area contributed by atoms with E-state index in [1.165, 1.54) is 11.8 Å². The number of carbonyl (C=O) groups excluding carboxylic acids is 3. The first-order valence-electron chi connectivity index (χ1n) is 15.5. The first kappa shape index (κ1) is 31.5. The van der Waals surface area contributed by atoms with Gasteiger partial charge in [-0.25, -0.2) is 4.98 Å². The van der Waals surface area contributed by atoms with E-state index in [4.69, 9.17) is 21.3 Å². The second kappa shape index (κ2) is 10.8. The maximum atomic E-state index is 14.6. The number of para-hydroxylation sites is 1. The zero-order valence-electron chi connectivity index (χ0n) is 24.8. The Morgan fingerprint density at radius 1 is 1.11 bits per heavy atom. The van der Waals surface area contributed by atoms with Crippen molar-refractivity contribution in [3.8, 4) is 0 Å². The molecule has 8 atom stereocenters. The van der Waals surface area contributed by atoms with Crippen LogP contribution in [0.2, 0.25) is 0 Å². The lowest BCUT2D eigenvalue weighted by Gasteiger charge is -2.64. The van der Waals surface area contributed by atoms with Crippen molar-refractivity contribution in [1.29, 1.82) is 0 Å². The van der Waals surface area contributed by atoms with Gasteiger partial charge in [0, 0.05) is 22.1 Å². The normalized spacial score (nSPS) is 39.0. The molecular weight excluding hydrogens is 594 g/mol. The number of esters is 1. The summed E-state index contributed by atoms with van der Waals surface area (Å²) in [6.07, 6.45) is 8.02. The summed E-state index contributed by atoms with van der Waals surface area (Å²) in [4.78, 5) is 44.0. The summed E-state index contributed by atoms with van der Waals surface area (Å²) in [7, 11) is 0. The molecule has 4 saturated carbocycles. The lowest BCUT2D eigenvalue weighted by Crippen LogP contribution is -2.69. The molecule has 5 aliphatic rings. The second-order valence-electron chi connectivity index (χ2n) is 13.9. The van der Waals surface area contributed by atoms with Gasteiger partial charge < -0.3 is 9.84 Å². The third kappa shape index (κ3) is 4.32. The SMILES string of the molecule is C.C[C@@H]1CC2C3CCC4=CC(=O)C=CC4(C)[C@@]3(Cl)[C@@H](O)CC2(C)[C@@]1(OC(=O)C1CC1)C(=O)CSc1ccc2ccccc2n1. The van der Waals surface area contributed by atoms with Gasteiger partial charge in [-0.2, -0.15) is 0 Å². The van der Waals surface area contributed by atoms with E-state index in [0.717, 1.165) is 34.3 Å². The van der Waals surface area contributed by atoms with Gasteiger partial charge in [-0.1, -0.05) is 75.9 Å². The fraction of sp³-hybridized carbons (Fsp3) is 0.556. The highest BCUT2D eigenvalue weighted by Gasteiger charge is 2.76. The van der Waals surface area contributed by atoms with Crippen LogP contribution in [-0.2, 0) is 19.1 Å². The Morgan fingerprint density at radius 3 is 2.61 bits per heavy atom. The largest absolute Gasteiger partial charge is 0.450 e. The van der Waals surface area contributed by atoms with E-state index in [9.17, 15) is 19.5 Å². The molecule has 1 aromatic carbocycles. The molecule has 1 heterocycles. The van der Waals surface area contributed by atoms with Gasteiger partial charge >= 0.3 is 5.97 Å². The van der Waals surface area contributed by atoms with E-state index >= 15 is 0 Å². The van der Waals surface area contributed by atoms with Gasteiger partial charge in [0.1, 0.15) is 0 Å². The second-order valence-corrected chi connectivity index (χ2v) is 15.5. The molecular formula is C36H42ClNO5S. The molecule has 0 saturated heterocycles. The Kier molecular flexibility index (Phi) is 7.74. The van der Waals surface area contributed by atoms with E-state index in [0.29, 0.717) is 19.3 Å². The first-order chi connectivity index (χ1) is 20.4. The summed E-state index contributed by atoms with van der Waals surface area (Å²) in [6.45, 7) is 6.10. The number of pyridine rings is 1. The molecule has 4 fully saturated rings. The van der Waals surface area contributed by atoms with Crippen molar-refractivity contribution < 1.29 is 24.2 Å². The standard InChI is InChI=1S/C35H38ClNO5S.CH4/c1-20-16-26-25-12-11-23-17-24(38)14-15-32(23,2)34(25,36)28(39)18-33(26,3)35(20,42-31(41)22-8-9-22)29(40)19-43-30-13-10-21-6-4-5-7-27(21)37-30;/h4-7,10,13-15,17,20,22,25-26,28,39H,8-9,11-12,16,18-19H2,1-3H3;1H4/t20-,25?,26?,28+,32?,33?,34+,35+;/m1./s1. The number of ketones is 2. The van der Waals surface area contributed by atoms with Crippen molar-refractivity contribution in [1.82, 2.24) is 4.98 Å². The van der Waals surface area contributed by atoms with Crippen LogP contribution < -0.4 is 0 Å². The number of benzene rings is 1. The quantitative estimate of drug-likeness (QED) is 0.205. The van der Waals surface area contributed by atoms with Crippen molar-refractivity contribution in [3.63, 3.8) is 0 Å². The van der Waals surface area contributed by atoms with Crippen molar-refractivity contribution >= 4 is 51.8 Å². The molecule has 44 heavy (non-hydrogen) atoms. The highest BCUT2D eigenvalue weighted by atomic mass is 35.5. The van der Waals surface area contributed by atoms with E-state index in [1.807, 2.05) is 63.2 Å². The van der Waals surface area contributed by atoms with Crippen LogP contribution in [0.25, 0.3) is 10.9 Å². The van der Waals surface area contributed by atoms with Crippen molar-refractivity contribution in [2.75, 3.05) is 5.75 Å². The van der Waals surface area contributed by atoms with Gasteiger partial charge in [-0.3, -0.25) is 14.4 Å². The van der Waals surface area contributed by atoms with E-state index in [-0.39, 0.29) is 60.8 Å². The lowest BCUT2D eigenvalue weighted by molar-refractivity contribution is -0.201. The number of allylic oxidation sites excluding steroid dienone is 4. The highest BCUT2D eigenvalue weighted by molar-refractivity contribution is 7.99. The molecule has 4 unspecified atom stereocenters. The summed E-state index contributed by atoms with van der Waals surface area (Å²) >= 11 is 9.00. The van der Waals surface area contributed by atoms with Crippen LogP contribution in [0.5, 0.6) is 0 Å². The summed E-state index contributed by atoms with van der Waals surface area (Å²) in [5.74, 6) is -0.962. The smallest absolute Gasteiger partial charge is 0.309 e. The van der Waals surface area contributed by atoms with Crippen LogP contribution in [0.1, 0.15) is 66.7 Å². The molecule has 0 amide bonds. The average molecular weight is 636 g/mol. The number of thioether (sulfide) groups is 1. The molecule has 0 radical (unpaired) electrons. The maximum absolute atomic E-state index is 14.6. The Morgan fingerprint density at radius 2 is 1.86 bits per heavy atom. The Labute approximate surface area is 269 Å². The predicted molar refractivity (Wildman–Crippen MR) is 173 cm³/mol. The van der Waals surface area contributed by atoms with Crippen molar-refractivity contribution in [2.45, 2.75) is 88.3 Å². The number of rotatable bonds is 6. The van der Waals surface area contributed by atoms with Crippen LogP contribution in [0, 0.1) is 34.5 Å². The maximum Gasteiger partial charge on any atom is 0.309 e. The Hall–Kier alpha value is -2.48. The number of aliphatic hydroxyl groups excluding tert-OH is 1. The van der Waals surface area contributed by atoms with Gasteiger partial charge in [0.2, 0.25) is 0 Å². The fourth-order valence-corrected chi connectivity index (χ4v) is 10.7. The minimum Gasteiger partial charge on any atom is -0.450 e. The van der Waals surface area contributed by atoms with Crippen molar-refractivity contribution in [2.24, 2.45) is 34.5 Å². The number of ether oxygens (including phenoxy) is 1. The van der Waals surface area contributed by atoms with E-state index < -0.39 is 27.4 Å². The molecule has 1 aromatic heterocycles. The number of fused-ring (bicyclic) bond motifs is 6. The van der Waals surface area contributed by atoms with Gasteiger partial charge in [-0.15, -0.1) is 11.6 Å². The number of alkyl halides is 1. The van der Waals surface area contributed by atoms with Gasteiger partial charge in [0.05, 0.1) is 33.2 Å². The van der Waals surface area contributed by atoms with Crippen LogP contribution in [-0.4, -0.2) is 50.0 Å². The lowest BCUT2D eigenvalue weighted by atomic mass is 9.45. The molecule has 5 aliphatic carbocycles. The number of hydrogen-bond donors (Lipinski definition) is 1. The number of halogens is 1. The van der Waals surface area contributed by atoms with Crippen LogP contribution >= 0.6 is 23.4 Å². The van der Waals surface area contributed by atoms with Gasteiger partial charge in [-0.05, 0) is 74.6 Å². The molecule has 0 aliphatic heterocycles. The first-order valence-corrected chi connectivity index (χ1v) is 16.9. The summed E-state index contributed by atoms with van der Waals surface area (Å²) in [6, 6.07) is 11.8. The van der Waals surface area contributed by atoms with Crippen molar-refractivity contribution in [3.05, 3.63) is 60.2 Å². The monoisotopic (exact) mass is 635 g/mol. The number of aliphatic hydroxyl groups is 1. The minimum atomic E-state index is -1.38. The molecule has 1 N–H and O–H groups in total. The zero-order chi connectivity index (χ0) is 30.4. The number of carbonyl (C=O) groups is 3. The van der Waals surface area contributed by atoms with Crippen LogP contribution in [0.15, 0.2) is 65.2 Å². The third-order valence-electron chi connectivity index (χ3n) is 11.7. The van der Waals surface area contributed by atoms with Gasteiger partial charge in [0.15, 0.2) is 17.2 Å². The average Bonchev–Trinajstić information content (AvgIpc) is 3.81. The zero-order valence-corrected chi connectivity index (χ0v) is 26.4. The topological polar surface area (TPSA) is 93.6 Å². The third-order valence-corrected chi connectivity index (χ3v) is 13.5. The molecule has 2 aromatic rings. The fourth-order valence-electron chi connectivity index (χ4n) is 9.33. The van der Waals surface area contributed by atoms with Crippen LogP contribution in [0.3, 0.4) is 0 Å². The Bertz CT molecular complexity index is 1600. The number of aromatic nitrogens is 1.